The molecule has 0 amide bonds. The fourth-order valence-electron chi connectivity index (χ4n) is 1.02. The molecule has 1 aromatic heterocycles. The van der Waals surface area contributed by atoms with Gasteiger partial charge in [-0.3, -0.25) is 9.48 Å². The average molecular weight is 194 g/mol. The van der Waals surface area contributed by atoms with Gasteiger partial charge in [0.05, 0.1) is 11.9 Å². The third-order valence-electron chi connectivity index (χ3n) is 1.78. The minimum Gasteiger partial charge on any atom is -0.475 e. The monoisotopic (exact) mass is 194 g/mol. The van der Waals surface area contributed by atoms with E-state index in [4.69, 9.17) is 5.11 Å². The minimum absolute atomic E-state index is 0.722. The van der Waals surface area contributed by atoms with Crippen LogP contribution in [0, 0.1) is 6.92 Å². The Kier molecular flexibility index (Phi) is 2.81. The van der Waals surface area contributed by atoms with Crippen LogP contribution < -0.4 is 0 Å². The number of carbonyl (C=O) groups is 2. The van der Waals surface area contributed by atoms with Crippen molar-refractivity contribution in [2.24, 2.45) is 7.05 Å². The van der Waals surface area contributed by atoms with Crippen LogP contribution in [-0.4, -0.2) is 26.6 Å². The molecular weight excluding hydrogens is 184 g/mol. The Hall–Kier alpha value is -1.91. The van der Waals surface area contributed by atoms with Gasteiger partial charge in [0, 0.05) is 7.05 Å². The molecule has 14 heavy (non-hydrogen) atoms. The Morgan fingerprint density at radius 3 is 2.64 bits per heavy atom. The Morgan fingerprint density at radius 1 is 1.57 bits per heavy atom. The van der Waals surface area contributed by atoms with Crippen molar-refractivity contribution in [3.8, 4) is 0 Å². The normalized spacial score (nSPS) is 10.7. The third kappa shape index (κ3) is 2.07. The molecule has 0 aromatic carbocycles. The zero-order valence-electron chi connectivity index (χ0n) is 7.89. The van der Waals surface area contributed by atoms with Crippen LogP contribution in [0.4, 0.5) is 0 Å². The van der Waals surface area contributed by atoms with Crippen LogP contribution in [0.5, 0.6) is 0 Å². The van der Waals surface area contributed by atoms with E-state index in [1.165, 1.54) is 6.08 Å². The summed E-state index contributed by atoms with van der Waals surface area (Å²) in [5.41, 5.74) is 1.61. The number of carbonyl (C=O) groups excluding carboxylic acids is 1. The van der Waals surface area contributed by atoms with Crippen molar-refractivity contribution >= 4 is 17.8 Å². The lowest BCUT2D eigenvalue weighted by molar-refractivity contribution is -0.146. The number of hydrogen-bond donors (Lipinski definition) is 1. The van der Waals surface area contributed by atoms with Gasteiger partial charge in [0.1, 0.15) is 0 Å². The van der Waals surface area contributed by atoms with Crippen molar-refractivity contribution in [1.29, 1.82) is 0 Å². The van der Waals surface area contributed by atoms with E-state index in [2.05, 4.69) is 5.10 Å². The van der Waals surface area contributed by atoms with Crippen LogP contribution in [0.25, 0.3) is 6.08 Å². The largest absolute Gasteiger partial charge is 0.475 e. The number of rotatable bonds is 3. The Balaban J connectivity index is 2.88. The van der Waals surface area contributed by atoms with Crippen LogP contribution in [0.3, 0.4) is 0 Å². The van der Waals surface area contributed by atoms with Crippen LogP contribution in [-0.2, 0) is 16.6 Å². The maximum absolute atomic E-state index is 10.7. The molecule has 0 fully saturated rings. The second kappa shape index (κ2) is 3.87. The molecule has 1 N–H and O–H groups in total. The molecule has 0 bridgehead atoms. The molecule has 0 spiro atoms. The topological polar surface area (TPSA) is 72.2 Å². The smallest absolute Gasteiger partial charge is 0.376 e. The van der Waals surface area contributed by atoms with E-state index in [1.807, 2.05) is 6.92 Å². The predicted octanol–water partition coefficient (Wildman–Crippen LogP) is 0.395. The highest BCUT2D eigenvalue weighted by Crippen LogP contribution is 2.07. The van der Waals surface area contributed by atoms with Gasteiger partial charge in [0.2, 0.25) is 0 Å². The fraction of sp³-hybridized carbons (Fsp3) is 0.222. The predicted molar refractivity (Wildman–Crippen MR) is 49.6 cm³/mol. The van der Waals surface area contributed by atoms with Gasteiger partial charge in [-0.25, -0.2) is 4.79 Å². The van der Waals surface area contributed by atoms with E-state index >= 15 is 0 Å². The van der Waals surface area contributed by atoms with Gasteiger partial charge >= 0.3 is 5.97 Å². The average Bonchev–Trinajstić information content (AvgIpc) is 2.43. The summed E-state index contributed by atoms with van der Waals surface area (Å²) in [5.74, 6) is -2.40. The van der Waals surface area contributed by atoms with Crippen LogP contribution >= 0.6 is 0 Å². The summed E-state index contributed by atoms with van der Waals surface area (Å²) in [6.07, 6.45) is 4.11. The molecule has 0 unspecified atom stereocenters. The molecule has 0 aliphatic rings. The molecule has 0 saturated carbocycles. The van der Waals surface area contributed by atoms with Crippen LogP contribution in [0.2, 0.25) is 0 Å². The van der Waals surface area contributed by atoms with Gasteiger partial charge in [0.15, 0.2) is 0 Å². The summed E-state index contributed by atoms with van der Waals surface area (Å²) in [7, 11) is 1.72. The van der Waals surface area contributed by atoms with Crippen molar-refractivity contribution < 1.29 is 14.7 Å². The van der Waals surface area contributed by atoms with Crippen LogP contribution in [0.1, 0.15) is 11.3 Å². The van der Waals surface area contributed by atoms with E-state index in [-0.39, 0.29) is 0 Å². The van der Waals surface area contributed by atoms with Crippen molar-refractivity contribution in [2.45, 2.75) is 6.92 Å². The van der Waals surface area contributed by atoms with E-state index in [1.54, 1.807) is 17.9 Å². The maximum atomic E-state index is 10.7. The Labute approximate surface area is 80.7 Å². The number of carboxylic acids is 1. The van der Waals surface area contributed by atoms with Gasteiger partial charge in [0.25, 0.3) is 5.78 Å². The quantitative estimate of drug-likeness (QED) is 0.558. The lowest BCUT2D eigenvalue weighted by Gasteiger charge is -1.94. The van der Waals surface area contributed by atoms with Gasteiger partial charge in [-0.15, -0.1) is 0 Å². The number of ketones is 1. The van der Waals surface area contributed by atoms with Gasteiger partial charge in [-0.2, -0.15) is 5.10 Å². The molecule has 0 aliphatic heterocycles. The van der Waals surface area contributed by atoms with Crippen molar-refractivity contribution in [2.75, 3.05) is 0 Å². The fourth-order valence-corrected chi connectivity index (χ4v) is 1.02. The molecule has 0 saturated heterocycles. The second-order valence-electron chi connectivity index (χ2n) is 2.84. The zero-order valence-corrected chi connectivity index (χ0v) is 7.89. The molecule has 1 heterocycles. The number of carboxylic acid groups (broad SMARTS) is 1. The first-order chi connectivity index (χ1) is 6.52. The summed E-state index contributed by atoms with van der Waals surface area (Å²) in [6, 6.07) is 0. The highest BCUT2D eigenvalue weighted by Gasteiger charge is 2.07. The van der Waals surface area contributed by atoms with Crippen molar-refractivity contribution in [3.63, 3.8) is 0 Å². The first-order valence-corrected chi connectivity index (χ1v) is 3.96. The summed E-state index contributed by atoms with van der Waals surface area (Å²) in [6.45, 7) is 1.83. The van der Waals surface area contributed by atoms with Gasteiger partial charge in [-0.1, -0.05) is 0 Å². The lowest BCUT2D eigenvalue weighted by Crippen LogP contribution is -2.08. The lowest BCUT2D eigenvalue weighted by atomic mass is 10.2. The molecule has 0 aliphatic carbocycles. The molecule has 5 heteroatoms. The summed E-state index contributed by atoms with van der Waals surface area (Å²) >= 11 is 0. The maximum Gasteiger partial charge on any atom is 0.376 e. The molecule has 0 radical (unpaired) electrons. The van der Waals surface area contributed by atoms with E-state index in [0.29, 0.717) is 0 Å². The number of aromatic nitrogens is 2. The van der Waals surface area contributed by atoms with E-state index < -0.39 is 11.8 Å². The van der Waals surface area contributed by atoms with Crippen molar-refractivity contribution in [1.82, 2.24) is 9.78 Å². The Morgan fingerprint density at radius 2 is 2.21 bits per heavy atom. The number of aliphatic carboxylic acids is 1. The molecule has 1 rings (SSSR count). The highest BCUT2D eigenvalue weighted by atomic mass is 16.4. The molecule has 74 valence electrons. The highest BCUT2D eigenvalue weighted by molar-refractivity contribution is 6.38. The van der Waals surface area contributed by atoms with Crippen molar-refractivity contribution in [3.05, 3.63) is 23.5 Å². The Bertz CT molecular complexity index is 385. The minimum atomic E-state index is -1.46. The molecule has 0 atom stereocenters. The number of nitrogens with zero attached hydrogens (tertiary/aromatic N) is 2. The van der Waals surface area contributed by atoms with E-state index in [0.717, 1.165) is 17.3 Å². The molecule has 5 nitrogen and oxygen atoms in total. The second-order valence-corrected chi connectivity index (χ2v) is 2.84. The molecule has 1 aromatic rings. The summed E-state index contributed by atoms with van der Waals surface area (Å²) < 4.78 is 1.57. The first-order valence-electron chi connectivity index (χ1n) is 3.96. The number of hydrogen-bond acceptors (Lipinski definition) is 3. The number of aryl methyl sites for hydroxylation is 2. The zero-order chi connectivity index (χ0) is 10.7. The third-order valence-corrected chi connectivity index (χ3v) is 1.78. The van der Waals surface area contributed by atoms with Crippen LogP contribution in [0.15, 0.2) is 12.3 Å². The SMILES string of the molecule is Cc1cnn(C)c1/C=C/C(=O)C(=O)O. The summed E-state index contributed by atoms with van der Waals surface area (Å²) in [4.78, 5) is 21.0. The van der Waals surface area contributed by atoms with Gasteiger partial charge < -0.3 is 5.11 Å². The summed E-state index contributed by atoms with van der Waals surface area (Å²) in [5, 5.41) is 12.3. The molecular formula is C9H10N2O3. The van der Waals surface area contributed by atoms with E-state index in [9.17, 15) is 9.59 Å². The standard InChI is InChI=1S/C9H10N2O3/c1-6-5-10-11(2)7(6)3-4-8(12)9(13)14/h3-5H,1-2H3,(H,13,14)/b4-3+. The first kappa shape index (κ1) is 10.2. The van der Waals surface area contributed by atoms with Gasteiger partial charge in [-0.05, 0) is 24.6 Å².